The first-order valence-electron chi connectivity index (χ1n) is 6.81. The molecule has 2 N–H and O–H groups in total. The van der Waals surface area contributed by atoms with E-state index in [0.717, 1.165) is 25.9 Å². The number of amides is 1. The molecule has 6 heteroatoms. The van der Waals surface area contributed by atoms with Crippen molar-refractivity contribution in [2.24, 2.45) is 0 Å². The Morgan fingerprint density at radius 1 is 1.30 bits per heavy atom. The number of rotatable bonds is 3. The fraction of sp³-hybridized carbons (Fsp3) is 0.357. The molecule has 3 rings (SSSR count). The van der Waals surface area contributed by atoms with Crippen molar-refractivity contribution in [2.75, 3.05) is 13.1 Å². The molecular weight excluding hydrogens is 254 g/mol. The third kappa shape index (κ3) is 2.85. The van der Waals surface area contributed by atoms with E-state index in [-0.39, 0.29) is 11.9 Å². The van der Waals surface area contributed by atoms with Crippen molar-refractivity contribution in [1.29, 1.82) is 0 Å². The fourth-order valence-electron chi connectivity index (χ4n) is 2.29. The molecule has 104 valence electrons. The van der Waals surface area contributed by atoms with E-state index in [1.165, 1.54) is 0 Å². The number of pyridine rings is 1. The molecule has 2 aromatic rings. The number of piperidine rings is 1. The first-order valence-corrected chi connectivity index (χ1v) is 6.81. The van der Waals surface area contributed by atoms with Crippen LogP contribution in [0.5, 0.6) is 0 Å². The van der Waals surface area contributed by atoms with Gasteiger partial charge in [0.1, 0.15) is 0 Å². The van der Waals surface area contributed by atoms with E-state index in [4.69, 9.17) is 0 Å². The van der Waals surface area contributed by atoms with Gasteiger partial charge in [-0.05, 0) is 44.1 Å². The number of hydrogen-bond acceptors (Lipinski definition) is 4. The molecule has 3 heterocycles. The molecule has 0 saturated carbocycles. The monoisotopic (exact) mass is 271 g/mol. The van der Waals surface area contributed by atoms with E-state index in [1.807, 2.05) is 18.2 Å². The minimum Gasteiger partial charge on any atom is -0.348 e. The van der Waals surface area contributed by atoms with E-state index in [9.17, 15) is 4.79 Å². The maximum atomic E-state index is 12.1. The summed E-state index contributed by atoms with van der Waals surface area (Å²) in [5, 5.41) is 10.6. The van der Waals surface area contributed by atoms with Crippen LogP contribution in [0.4, 0.5) is 0 Å². The first kappa shape index (κ1) is 12.8. The highest BCUT2D eigenvalue weighted by molar-refractivity contribution is 5.92. The maximum Gasteiger partial charge on any atom is 0.272 e. The zero-order chi connectivity index (χ0) is 13.8. The van der Waals surface area contributed by atoms with Gasteiger partial charge in [0.05, 0.1) is 0 Å². The van der Waals surface area contributed by atoms with Gasteiger partial charge >= 0.3 is 0 Å². The second kappa shape index (κ2) is 5.83. The average Bonchev–Trinajstić information content (AvgIpc) is 2.99. The minimum absolute atomic E-state index is 0.119. The lowest BCUT2D eigenvalue weighted by atomic mass is 10.1. The Balaban J connectivity index is 1.68. The Bertz CT molecular complexity index is 574. The van der Waals surface area contributed by atoms with Crippen molar-refractivity contribution in [3.05, 3.63) is 42.4 Å². The fourth-order valence-corrected chi connectivity index (χ4v) is 2.29. The molecule has 1 amide bonds. The molecule has 2 aromatic heterocycles. The van der Waals surface area contributed by atoms with Gasteiger partial charge in [-0.15, -0.1) is 0 Å². The van der Waals surface area contributed by atoms with E-state index < -0.39 is 0 Å². The molecular formula is C14H17N5O. The van der Waals surface area contributed by atoms with E-state index in [0.29, 0.717) is 11.5 Å². The molecule has 1 aliphatic rings. The second-order valence-electron chi connectivity index (χ2n) is 4.83. The summed E-state index contributed by atoms with van der Waals surface area (Å²) in [6, 6.07) is 7.53. The van der Waals surface area contributed by atoms with Gasteiger partial charge in [0.15, 0.2) is 11.5 Å². The van der Waals surface area contributed by atoms with E-state index in [1.54, 1.807) is 23.1 Å². The van der Waals surface area contributed by atoms with Crippen molar-refractivity contribution in [2.45, 2.75) is 18.9 Å². The first-order chi connectivity index (χ1) is 9.83. The van der Waals surface area contributed by atoms with Gasteiger partial charge in [-0.2, -0.15) is 5.10 Å². The van der Waals surface area contributed by atoms with E-state index in [2.05, 4.69) is 20.7 Å². The van der Waals surface area contributed by atoms with Gasteiger partial charge in [-0.25, -0.2) is 9.67 Å². The number of nitrogens with one attached hydrogen (secondary N) is 2. The summed E-state index contributed by atoms with van der Waals surface area (Å²) < 4.78 is 1.61. The molecule has 1 saturated heterocycles. The minimum atomic E-state index is -0.119. The summed E-state index contributed by atoms with van der Waals surface area (Å²) >= 11 is 0. The van der Waals surface area contributed by atoms with Crippen molar-refractivity contribution >= 4 is 5.91 Å². The SMILES string of the molecule is O=C(NC1CCNCC1)c1ccn(-c2ccccn2)n1. The van der Waals surface area contributed by atoms with Gasteiger partial charge in [-0.3, -0.25) is 4.79 Å². The Morgan fingerprint density at radius 2 is 2.15 bits per heavy atom. The van der Waals surface area contributed by atoms with Crippen LogP contribution in [-0.2, 0) is 0 Å². The number of carbonyl (C=O) groups is 1. The molecule has 1 aliphatic heterocycles. The summed E-state index contributed by atoms with van der Waals surface area (Å²) in [5.41, 5.74) is 0.425. The Morgan fingerprint density at radius 3 is 2.90 bits per heavy atom. The van der Waals surface area contributed by atoms with Crippen LogP contribution in [-0.4, -0.2) is 39.8 Å². The van der Waals surface area contributed by atoms with Crippen molar-refractivity contribution in [1.82, 2.24) is 25.4 Å². The Hall–Kier alpha value is -2.21. The molecule has 0 unspecified atom stereocenters. The zero-order valence-electron chi connectivity index (χ0n) is 11.1. The van der Waals surface area contributed by atoms with Crippen LogP contribution in [0.2, 0.25) is 0 Å². The van der Waals surface area contributed by atoms with Gasteiger partial charge in [-0.1, -0.05) is 6.07 Å². The molecule has 20 heavy (non-hydrogen) atoms. The molecule has 0 bridgehead atoms. The average molecular weight is 271 g/mol. The summed E-state index contributed by atoms with van der Waals surface area (Å²) in [7, 11) is 0. The lowest BCUT2D eigenvalue weighted by molar-refractivity contribution is 0.0924. The topological polar surface area (TPSA) is 71.8 Å². The van der Waals surface area contributed by atoms with Crippen LogP contribution in [0.15, 0.2) is 36.7 Å². The number of carbonyl (C=O) groups excluding carboxylic acids is 1. The molecule has 1 fully saturated rings. The number of nitrogens with zero attached hydrogens (tertiary/aromatic N) is 3. The van der Waals surface area contributed by atoms with Gasteiger partial charge in [0.2, 0.25) is 0 Å². The van der Waals surface area contributed by atoms with Crippen molar-refractivity contribution in [3.8, 4) is 5.82 Å². The second-order valence-corrected chi connectivity index (χ2v) is 4.83. The molecule has 0 aromatic carbocycles. The standard InChI is InChI=1S/C14H17N5O/c20-14(17-11-4-8-15-9-5-11)12-6-10-19(18-12)13-3-1-2-7-16-13/h1-3,6-7,10-11,15H,4-5,8-9H2,(H,17,20). The quantitative estimate of drug-likeness (QED) is 0.864. The Kier molecular flexibility index (Phi) is 3.73. The lowest BCUT2D eigenvalue weighted by Crippen LogP contribution is -2.42. The zero-order valence-corrected chi connectivity index (χ0v) is 11.1. The van der Waals surface area contributed by atoms with Crippen LogP contribution < -0.4 is 10.6 Å². The third-order valence-corrected chi connectivity index (χ3v) is 3.38. The van der Waals surface area contributed by atoms with Crippen LogP contribution in [0.1, 0.15) is 23.3 Å². The number of aromatic nitrogens is 3. The highest BCUT2D eigenvalue weighted by Gasteiger charge is 2.18. The predicted octanol–water partition coefficient (Wildman–Crippen LogP) is 0.749. The lowest BCUT2D eigenvalue weighted by Gasteiger charge is -2.23. The summed E-state index contributed by atoms with van der Waals surface area (Å²) in [6.07, 6.45) is 5.38. The van der Waals surface area contributed by atoms with Crippen LogP contribution in [0, 0.1) is 0 Å². The van der Waals surface area contributed by atoms with Crippen molar-refractivity contribution in [3.63, 3.8) is 0 Å². The predicted molar refractivity (Wildman–Crippen MR) is 74.7 cm³/mol. The number of hydrogen-bond donors (Lipinski definition) is 2. The maximum absolute atomic E-state index is 12.1. The third-order valence-electron chi connectivity index (χ3n) is 3.38. The molecule has 0 spiro atoms. The molecule has 6 nitrogen and oxygen atoms in total. The van der Waals surface area contributed by atoms with Crippen molar-refractivity contribution < 1.29 is 4.79 Å². The molecule has 0 aliphatic carbocycles. The highest BCUT2D eigenvalue weighted by atomic mass is 16.2. The van der Waals surface area contributed by atoms with E-state index >= 15 is 0 Å². The summed E-state index contributed by atoms with van der Waals surface area (Å²) in [5.74, 6) is 0.583. The van der Waals surface area contributed by atoms with Gasteiger partial charge in [0.25, 0.3) is 5.91 Å². The normalized spacial score (nSPS) is 16.0. The van der Waals surface area contributed by atoms with Crippen LogP contribution >= 0.6 is 0 Å². The summed E-state index contributed by atoms with van der Waals surface area (Å²) in [4.78, 5) is 16.3. The largest absolute Gasteiger partial charge is 0.348 e. The molecule has 0 atom stereocenters. The van der Waals surface area contributed by atoms with Crippen LogP contribution in [0.25, 0.3) is 5.82 Å². The Labute approximate surface area is 117 Å². The van der Waals surface area contributed by atoms with Crippen LogP contribution in [0.3, 0.4) is 0 Å². The smallest absolute Gasteiger partial charge is 0.272 e. The molecule has 0 radical (unpaired) electrons. The summed E-state index contributed by atoms with van der Waals surface area (Å²) in [6.45, 7) is 1.90. The van der Waals surface area contributed by atoms with Gasteiger partial charge < -0.3 is 10.6 Å². The highest BCUT2D eigenvalue weighted by Crippen LogP contribution is 2.06. The van der Waals surface area contributed by atoms with Gasteiger partial charge in [0, 0.05) is 18.4 Å².